The van der Waals surface area contributed by atoms with Gasteiger partial charge in [0.1, 0.15) is 5.82 Å². The number of para-hydroxylation sites is 3. The van der Waals surface area contributed by atoms with Gasteiger partial charge < -0.3 is 14.4 Å². The molecule has 0 fully saturated rings. The van der Waals surface area contributed by atoms with Crippen molar-refractivity contribution in [3.63, 3.8) is 0 Å². The molecule has 64 heavy (non-hydrogen) atoms. The minimum absolute atomic E-state index is 0. The molecular weight excluding hydrogens is 960 g/mol. The van der Waals surface area contributed by atoms with Crippen LogP contribution in [0.1, 0.15) is 43.0 Å². The molecule has 0 unspecified atom stereocenters. The maximum atomic E-state index is 5.10. The minimum atomic E-state index is -0.791. The molecule has 8 aromatic carbocycles. The zero-order valence-electron chi connectivity index (χ0n) is 36.0. The fourth-order valence-electron chi connectivity index (χ4n) is 9.80. The minimum Gasteiger partial charge on any atom is -0.347 e. The molecule has 4 nitrogen and oxygen atoms in total. The number of rotatable bonds is 8. The van der Waals surface area contributed by atoms with Crippen molar-refractivity contribution >= 4 is 38.9 Å². The van der Waals surface area contributed by atoms with Crippen LogP contribution in [0.15, 0.2) is 212 Å². The summed E-state index contributed by atoms with van der Waals surface area (Å²) in [7, 11) is 0. The van der Waals surface area contributed by atoms with Gasteiger partial charge in [-0.3, -0.25) is 0 Å². The summed E-state index contributed by atoms with van der Waals surface area (Å²) in [5, 5.41) is 2.27. The summed E-state index contributed by atoms with van der Waals surface area (Å²) in [5.74, 6) is 0.838. The Morgan fingerprint density at radius 3 is 1.80 bits per heavy atom. The average molecular weight is 1010 g/mol. The molecule has 1 aliphatic heterocycles. The van der Waals surface area contributed by atoms with Gasteiger partial charge in [0.05, 0.1) is 18.0 Å². The van der Waals surface area contributed by atoms with Crippen molar-refractivity contribution in [2.45, 2.75) is 31.7 Å². The molecule has 0 spiro atoms. The van der Waals surface area contributed by atoms with Gasteiger partial charge in [0.15, 0.2) is 0 Å². The molecule has 3 heterocycles. The molecule has 10 aromatic rings. The summed E-state index contributed by atoms with van der Waals surface area (Å²) in [4.78, 5) is 9.99. The third kappa shape index (κ3) is 6.85. The molecule has 0 saturated heterocycles. The molecule has 11 rings (SSSR count). The largest absolute Gasteiger partial charge is 2.00 e. The molecule has 0 radical (unpaired) electrons. The molecule has 0 saturated carbocycles. The summed E-state index contributed by atoms with van der Waals surface area (Å²) in [6.45, 7) is 7.57. The number of anilines is 3. The van der Waals surface area contributed by atoms with Crippen molar-refractivity contribution in [1.29, 1.82) is 0 Å². The van der Waals surface area contributed by atoms with Crippen LogP contribution >= 0.6 is 0 Å². The van der Waals surface area contributed by atoms with Gasteiger partial charge in [-0.05, 0) is 89.9 Å². The second-order valence-electron chi connectivity index (χ2n) is 17.4. The van der Waals surface area contributed by atoms with Gasteiger partial charge in [0, 0.05) is 22.7 Å². The molecule has 5 heteroatoms. The summed E-state index contributed by atoms with van der Waals surface area (Å²) < 4.78 is 2.30. The summed E-state index contributed by atoms with van der Waals surface area (Å²) in [5.41, 5.74) is 13.6. The fourth-order valence-corrected chi connectivity index (χ4v) is 9.80. The standard InChI is InChI=1S/C59H46N4.Pt/c1-58(2,3)62-41-61(54-32-17-18-33-55(54)62)48-27-19-26-46(39-48)59(44-22-9-5-10-23-44,45-24-11-6-12-25-45)47-34-35-52-51-30-15-16-31-53(51)63(56(52)40-47)57-38-43(36-37-60-57)50-29-14-13-28-49(50)42-20-7-4-8-21-42;/h4-38H,41H2,1-3H3;/q-2;+2. The zero-order chi connectivity index (χ0) is 42.5. The van der Waals surface area contributed by atoms with Gasteiger partial charge in [-0.1, -0.05) is 157 Å². The number of hydrogen-bond donors (Lipinski definition) is 0. The van der Waals surface area contributed by atoms with Crippen LogP contribution in [-0.2, 0) is 26.5 Å². The Morgan fingerprint density at radius 2 is 1.09 bits per heavy atom. The predicted molar refractivity (Wildman–Crippen MR) is 261 cm³/mol. The van der Waals surface area contributed by atoms with Gasteiger partial charge in [0.25, 0.3) is 0 Å². The second-order valence-corrected chi connectivity index (χ2v) is 17.4. The van der Waals surface area contributed by atoms with Gasteiger partial charge in [0.2, 0.25) is 0 Å². The van der Waals surface area contributed by atoms with Gasteiger partial charge in [-0.25, -0.2) is 4.98 Å². The number of pyridine rings is 1. The molecule has 0 N–H and O–H groups in total. The van der Waals surface area contributed by atoms with Crippen molar-refractivity contribution in [3.8, 4) is 28.1 Å². The molecule has 1 aliphatic rings. The van der Waals surface area contributed by atoms with Crippen LogP contribution in [0.5, 0.6) is 0 Å². The maximum Gasteiger partial charge on any atom is 2.00 e. The molecule has 0 amide bonds. The van der Waals surface area contributed by atoms with E-state index in [-0.39, 0.29) is 26.6 Å². The van der Waals surface area contributed by atoms with E-state index in [0.717, 1.165) is 73.4 Å². The zero-order valence-corrected chi connectivity index (χ0v) is 38.3. The first-order valence-corrected chi connectivity index (χ1v) is 21.7. The number of fused-ring (bicyclic) bond motifs is 4. The smallest absolute Gasteiger partial charge is 0.347 e. The Bertz CT molecular complexity index is 3220. The van der Waals surface area contributed by atoms with Crippen molar-refractivity contribution in [3.05, 3.63) is 247 Å². The number of aromatic nitrogens is 2. The van der Waals surface area contributed by atoms with Crippen molar-refractivity contribution in [2.75, 3.05) is 16.5 Å². The van der Waals surface area contributed by atoms with Crippen molar-refractivity contribution in [1.82, 2.24) is 9.55 Å². The second kappa shape index (κ2) is 16.6. The van der Waals surface area contributed by atoms with E-state index >= 15 is 0 Å². The van der Waals surface area contributed by atoms with Crippen LogP contribution in [0.3, 0.4) is 0 Å². The number of benzene rings is 8. The van der Waals surface area contributed by atoms with E-state index in [0.29, 0.717) is 0 Å². The van der Waals surface area contributed by atoms with Crippen LogP contribution in [0, 0.1) is 12.1 Å². The van der Waals surface area contributed by atoms with Crippen LogP contribution in [0.2, 0.25) is 0 Å². The normalized spacial score (nSPS) is 12.7. The van der Waals surface area contributed by atoms with Crippen molar-refractivity contribution in [2.24, 2.45) is 0 Å². The molecule has 2 aromatic heterocycles. The summed E-state index contributed by atoms with van der Waals surface area (Å²) >= 11 is 0. The monoisotopic (exact) mass is 1010 g/mol. The van der Waals surface area contributed by atoms with Crippen LogP contribution in [0.25, 0.3) is 49.9 Å². The van der Waals surface area contributed by atoms with E-state index in [2.05, 4.69) is 254 Å². The van der Waals surface area contributed by atoms with Crippen LogP contribution < -0.4 is 9.80 Å². The first-order chi connectivity index (χ1) is 30.9. The Balaban J connectivity index is 0.00000484. The third-order valence-electron chi connectivity index (χ3n) is 12.7. The molecule has 0 aliphatic carbocycles. The summed E-state index contributed by atoms with van der Waals surface area (Å²) in [6.07, 6.45) is 1.94. The number of hydrogen-bond acceptors (Lipinski definition) is 3. The van der Waals surface area contributed by atoms with Gasteiger partial charge in [-0.2, -0.15) is 36.4 Å². The molecular formula is C59H46N4Pt. The first-order valence-electron chi connectivity index (χ1n) is 21.7. The Labute approximate surface area is 390 Å². The van der Waals surface area contributed by atoms with Gasteiger partial charge >= 0.3 is 21.1 Å². The van der Waals surface area contributed by atoms with E-state index < -0.39 is 5.41 Å². The van der Waals surface area contributed by atoms with E-state index in [9.17, 15) is 0 Å². The molecule has 0 bridgehead atoms. The van der Waals surface area contributed by atoms with Gasteiger partial charge in [-0.15, -0.1) is 22.6 Å². The van der Waals surface area contributed by atoms with Crippen LogP contribution in [0.4, 0.5) is 17.1 Å². The molecule has 0 atom stereocenters. The Morgan fingerprint density at radius 1 is 0.500 bits per heavy atom. The quantitative estimate of drug-likeness (QED) is 0.112. The maximum absolute atomic E-state index is 5.10. The van der Waals surface area contributed by atoms with Crippen molar-refractivity contribution < 1.29 is 21.1 Å². The predicted octanol–water partition coefficient (Wildman–Crippen LogP) is 14.2. The average Bonchev–Trinajstić information content (AvgIpc) is 3.90. The van der Waals surface area contributed by atoms with E-state index in [1.807, 2.05) is 6.20 Å². The first kappa shape index (κ1) is 41.0. The molecule has 312 valence electrons. The Hall–Kier alpha value is -7.00. The SMILES string of the molecule is CC(C)(C)N1CN(c2[c-]c(C(c3[c-]c4c(cc3)c3ccccc3n4-c3cc(-c4ccccc4-c4ccccc4)ccn3)(c3ccccc3)c3ccccc3)ccc2)c2ccccc21.[Pt+2]. The van der Waals surface area contributed by atoms with E-state index in [1.54, 1.807) is 0 Å². The summed E-state index contributed by atoms with van der Waals surface area (Å²) in [6, 6.07) is 82.2. The fraction of sp³-hybridized carbons (Fsp3) is 0.102. The topological polar surface area (TPSA) is 24.3 Å². The number of nitrogens with zero attached hydrogens (tertiary/aromatic N) is 4. The third-order valence-corrected chi connectivity index (χ3v) is 12.7. The van der Waals surface area contributed by atoms with Crippen LogP contribution in [-0.4, -0.2) is 21.8 Å². The van der Waals surface area contributed by atoms with E-state index in [4.69, 9.17) is 4.98 Å². The Kier molecular flexibility index (Phi) is 10.6. The van der Waals surface area contributed by atoms with E-state index in [1.165, 1.54) is 22.5 Å².